The number of carbonyl (C=O) groups excluding carboxylic acids is 2. The Bertz CT molecular complexity index is 649. The molecule has 0 aromatic carbocycles. The molecule has 1 saturated carbocycles. The third-order valence-corrected chi connectivity index (χ3v) is 6.68. The SMILES string of the molecule is CS/C=C\C(=O)O[C@H]1C[C@@]2(C)O[C@H]2CC[C@]2(C)O[C@H]2[C@H](OC(C)=O)C1C(C)C. The number of thioether (sulfide) groups is 1. The Balaban J connectivity index is 1.93. The van der Waals surface area contributed by atoms with Gasteiger partial charge in [0.1, 0.15) is 18.3 Å². The van der Waals surface area contributed by atoms with Crippen molar-refractivity contribution >= 4 is 23.7 Å². The van der Waals surface area contributed by atoms with Crippen LogP contribution in [0, 0.1) is 11.8 Å². The van der Waals surface area contributed by atoms with Gasteiger partial charge in [0.05, 0.1) is 17.3 Å². The molecule has 0 spiro atoms. The molecule has 3 fully saturated rings. The number of carbonyl (C=O) groups is 2. The lowest BCUT2D eigenvalue weighted by molar-refractivity contribution is -0.163. The lowest BCUT2D eigenvalue weighted by Crippen LogP contribution is -2.46. The summed E-state index contributed by atoms with van der Waals surface area (Å²) >= 11 is 1.44. The summed E-state index contributed by atoms with van der Waals surface area (Å²) in [4.78, 5) is 24.3. The van der Waals surface area contributed by atoms with Crippen molar-refractivity contribution in [3.05, 3.63) is 11.5 Å². The van der Waals surface area contributed by atoms with E-state index in [0.29, 0.717) is 6.42 Å². The summed E-state index contributed by atoms with van der Waals surface area (Å²) < 4.78 is 23.7. The molecule has 2 saturated heterocycles. The van der Waals surface area contributed by atoms with E-state index in [9.17, 15) is 9.59 Å². The Morgan fingerprint density at radius 2 is 1.89 bits per heavy atom. The highest BCUT2D eigenvalue weighted by molar-refractivity contribution is 8.01. The number of hydrogen-bond acceptors (Lipinski definition) is 7. The van der Waals surface area contributed by atoms with E-state index in [-0.39, 0.29) is 47.2 Å². The second kappa shape index (κ2) is 8.00. The third kappa shape index (κ3) is 4.57. The molecule has 0 aromatic rings. The number of rotatable bonds is 5. The van der Waals surface area contributed by atoms with Gasteiger partial charge in [-0.2, -0.15) is 0 Å². The van der Waals surface area contributed by atoms with Gasteiger partial charge >= 0.3 is 11.9 Å². The highest BCUT2D eigenvalue weighted by Crippen LogP contribution is 2.53. The van der Waals surface area contributed by atoms with Crippen molar-refractivity contribution in [1.82, 2.24) is 0 Å². The van der Waals surface area contributed by atoms with Gasteiger partial charge in [0.25, 0.3) is 0 Å². The summed E-state index contributed by atoms with van der Waals surface area (Å²) in [6, 6.07) is 0. The van der Waals surface area contributed by atoms with E-state index in [1.807, 2.05) is 6.26 Å². The summed E-state index contributed by atoms with van der Waals surface area (Å²) in [6.45, 7) is 9.69. The molecule has 7 atom stereocenters. The highest BCUT2D eigenvalue weighted by atomic mass is 32.2. The van der Waals surface area contributed by atoms with Gasteiger partial charge in [0.15, 0.2) is 0 Å². The second-order valence-electron chi connectivity index (χ2n) is 8.92. The standard InChI is InChI=1S/C21H32O6S/c1-12(2)17-14(25-16(23)8-10-28-6)11-21(5)15(26-21)7-9-20(4)19(27-20)18(17)24-13(3)22/h8,10,12,14-15,17-19H,7,9,11H2,1-6H3/b10-8-/t14-,15-,17?,18+,19-,20-,21+/m0/s1. The first-order valence-corrected chi connectivity index (χ1v) is 11.3. The molecule has 3 aliphatic rings. The molecule has 0 N–H and O–H groups in total. The predicted molar refractivity (Wildman–Crippen MR) is 107 cm³/mol. The Morgan fingerprint density at radius 1 is 1.18 bits per heavy atom. The normalized spacial score (nSPS) is 42.5. The van der Waals surface area contributed by atoms with Crippen LogP contribution in [0.25, 0.3) is 0 Å². The maximum Gasteiger partial charge on any atom is 0.331 e. The minimum absolute atomic E-state index is 0.125. The first kappa shape index (κ1) is 21.7. The molecule has 2 heterocycles. The lowest BCUT2D eigenvalue weighted by atomic mass is 9.76. The van der Waals surface area contributed by atoms with Crippen LogP contribution in [0.3, 0.4) is 0 Å². The minimum atomic E-state index is -0.455. The number of hydrogen-bond donors (Lipinski definition) is 0. The maximum absolute atomic E-state index is 12.4. The summed E-state index contributed by atoms with van der Waals surface area (Å²) in [5.41, 5.74) is -0.648. The van der Waals surface area contributed by atoms with E-state index in [1.165, 1.54) is 24.8 Å². The van der Waals surface area contributed by atoms with Crippen LogP contribution in [0.15, 0.2) is 11.5 Å². The molecule has 2 aliphatic heterocycles. The number of esters is 2. The molecule has 0 radical (unpaired) electrons. The van der Waals surface area contributed by atoms with Crippen LogP contribution in [0.2, 0.25) is 0 Å². The molecule has 6 nitrogen and oxygen atoms in total. The highest BCUT2D eigenvalue weighted by Gasteiger charge is 2.64. The van der Waals surface area contributed by atoms with Gasteiger partial charge in [-0.05, 0) is 44.3 Å². The van der Waals surface area contributed by atoms with Crippen LogP contribution in [-0.2, 0) is 28.5 Å². The van der Waals surface area contributed by atoms with E-state index in [1.54, 1.807) is 5.41 Å². The largest absolute Gasteiger partial charge is 0.459 e. The zero-order chi connectivity index (χ0) is 20.7. The molecule has 1 aliphatic carbocycles. The Hall–Kier alpha value is -1.05. The third-order valence-electron chi connectivity index (χ3n) is 6.27. The Morgan fingerprint density at radius 3 is 2.50 bits per heavy atom. The van der Waals surface area contributed by atoms with Crippen LogP contribution >= 0.6 is 11.8 Å². The summed E-state index contributed by atoms with van der Waals surface area (Å²) in [5.74, 6) is -0.781. The Labute approximate surface area is 171 Å². The van der Waals surface area contributed by atoms with Gasteiger partial charge in [-0.1, -0.05) is 13.8 Å². The Kier molecular flexibility index (Phi) is 6.18. The smallest absolute Gasteiger partial charge is 0.331 e. The predicted octanol–water partition coefficient (Wildman–Crippen LogP) is 3.48. The minimum Gasteiger partial charge on any atom is -0.459 e. The van der Waals surface area contributed by atoms with Crippen molar-refractivity contribution in [2.75, 3.05) is 6.26 Å². The quantitative estimate of drug-likeness (QED) is 0.389. The van der Waals surface area contributed by atoms with E-state index >= 15 is 0 Å². The molecular formula is C21H32O6S. The number of epoxide rings is 2. The molecule has 28 heavy (non-hydrogen) atoms. The van der Waals surface area contributed by atoms with Gasteiger partial charge in [-0.25, -0.2) is 4.79 Å². The number of ether oxygens (including phenoxy) is 4. The van der Waals surface area contributed by atoms with E-state index in [0.717, 1.165) is 12.8 Å². The van der Waals surface area contributed by atoms with Crippen molar-refractivity contribution in [3.63, 3.8) is 0 Å². The molecule has 0 bridgehead atoms. The van der Waals surface area contributed by atoms with Gasteiger partial charge in [-0.3, -0.25) is 4.79 Å². The summed E-state index contributed by atoms with van der Waals surface area (Å²) in [6.07, 6.45) is 4.74. The second-order valence-corrected chi connectivity index (χ2v) is 9.67. The van der Waals surface area contributed by atoms with Gasteiger partial charge in [-0.15, -0.1) is 11.8 Å². The van der Waals surface area contributed by atoms with Crippen molar-refractivity contribution in [2.45, 2.75) is 89.5 Å². The lowest BCUT2D eigenvalue weighted by Gasteiger charge is -2.36. The first-order chi connectivity index (χ1) is 13.1. The van der Waals surface area contributed by atoms with Crippen molar-refractivity contribution in [1.29, 1.82) is 0 Å². The fourth-order valence-electron chi connectivity index (χ4n) is 4.65. The van der Waals surface area contributed by atoms with Gasteiger partial charge in [0.2, 0.25) is 0 Å². The average Bonchev–Trinajstić information content (AvgIpc) is 3.44. The zero-order valence-electron chi connectivity index (χ0n) is 17.6. The van der Waals surface area contributed by atoms with E-state index in [2.05, 4.69) is 27.7 Å². The fourth-order valence-corrected chi connectivity index (χ4v) is 4.89. The van der Waals surface area contributed by atoms with Crippen LogP contribution in [0.4, 0.5) is 0 Å². The van der Waals surface area contributed by atoms with Crippen molar-refractivity contribution in [3.8, 4) is 0 Å². The van der Waals surface area contributed by atoms with E-state index < -0.39 is 12.2 Å². The first-order valence-electron chi connectivity index (χ1n) is 10.0. The van der Waals surface area contributed by atoms with Crippen molar-refractivity contribution in [2.24, 2.45) is 11.8 Å². The van der Waals surface area contributed by atoms with Gasteiger partial charge in [0, 0.05) is 25.3 Å². The molecule has 158 valence electrons. The maximum atomic E-state index is 12.4. The average molecular weight is 413 g/mol. The van der Waals surface area contributed by atoms with Crippen molar-refractivity contribution < 1.29 is 28.5 Å². The molecule has 0 amide bonds. The zero-order valence-corrected chi connectivity index (χ0v) is 18.4. The monoisotopic (exact) mass is 412 g/mol. The molecule has 7 heteroatoms. The summed E-state index contributed by atoms with van der Waals surface area (Å²) in [5, 5.41) is 1.70. The molecule has 1 unspecified atom stereocenters. The fraction of sp³-hybridized carbons (Fsp3) is 0.810. The van der Waals surface area contributed by atoms with Gasteiger partial charge < -0.3 is 18.9 Å². The van der Waals surface area contributed by atoms with Crippen LogP contribution < -0.4 is 0 Å². The molecular weight excluding hydrogens is 380 g/mol. The summed E-state index contributed by atoms with van der Waals surface area (Å²) in [7, 11) is 0. The van der Waals surface area contributed by atoms with Crippen LogP contribution in [-0.4, -0.2) is 53.8 Å². The topological polar surface area (TPSA) is 77.7 Å². The van der Waals surface area contributed by atoms with Crippen LogP contribution in [0.5, 0.6) is 0 Å². The van der Waals surface area contributed by atoms with Crippen LogP contribution in [0.1, 0.15) is 53.9 Å². The molecule has 0 aromatic heterocycles. The van der Waals surface area contributed by atoms with E-state index in [4.69, 9.17) is 18.9 Å². The number of fused-ring (bicyclic) bond motifs is 2. The molecule has 3 rings (SSSR count).